The van der Waals surface area contributed by atoms with Crippen molar-refractivity contribution in [2.75, 3.05) is 10.7 Å². The first-order valence-corrected chi connectivity index (χ1v) is 8.92. The molecule has 2 aromatic heterocycles. The van der Waals surface area contributed by atoms with Crippen LogP contribution in [0.4, 0.5) is 5.69 Å². The molecule has 6 nitrogen and oxygen atoms in total. The van der Waals surface area contributed by atoms with Crippen LogP contribution in [0.15, 0.2) is 56.7 Å². The summed E-state index contributed by atoms with van der Waals surface area (Å²) in [4.78, 5) is 14.4. The molecular formula is C18H19N3O3S. The molecule has 3 rings (SSSR count). The summed E-state index contributed by atoms with van der Waals surface area (Å²) in [6.45, 7) is 5.81. The van der Waals surface area contributed by atoms with Gasteiger partial charge in [-0.1, -0.05) is 30.0 Å². The van der Waals surface area contributed by atoms with Gasteiger partial charge in [-0.05, 0) is 39.0 Å². The molecule has 0 aliphatic heterocycles. The number of hydrogen-bond donors (Lipinski definition) is 0. The van der Waals surface area contributed by atoms with Gasteiger partial charge in [-0.15, -0.1) is 10.2 Å². The number of anilines is 1. The van der Waals surface area contributed by atoms with Gasteiger partial charge in [0.1, 0.15) is 5.76 Å². The summed E-state index contributed by atoms with van der Waals surface area (Å²) in [7, 11) is 0. The number of aromatic nitrogens is 2. The van der Waals surface area contributed by atoms with Crippen molar-refractivity contribution in [3.05, 3.63) is 48.4 Å². The average molecular weight is 357 g/mol. The highest BCUT2D eigenvalue weighted by Crippen LogP contribution is 2.27. The van der Waals surface area contributed by atoms with Crippen molar-refractivity contribution in [1.29, 1.82) is 0 Å². The molecule has 25 heavy (non-hydrogen) atoms. The molecule has 3 aromatic rings. The molecule has 0 atom stereocenters. The molecule has 1 aromatic carbocycles. The molecule has 0 spiro atoms. The summed E-state index contributed by atoms with van der Waals surface area (Å²) in [5, 5.41) is 8.37. The number of carbonyl (C=O) groups excluding carboxylic acids is 1. The molecule has 0 fully saturated rings. The fourth-order valence-electron chi connectivity index (χ4n) is 2.50. The number of amides is 1. The van der Waals surface area contributed by atoms with Gasteiger partial charge in [0.15, 0.2) is 0 Å². The Morgan fingerprint density at radius 1 is 1.20 bits per heavy atom. The van der Waals surface area contributed by atoms with E-state index in [1.54, 1.807) is 17.2 Å². The Kier molecular flexibility index (Phi) is 5.23. The first-order valence-electron chi connectivity index (χ1n) is 7.94. The topological polar surface area (TPSA) is 72.4 Å². The monoisotopic (exact) mass is 357 g/mol. The molecule has 7 heteroatoms. The Hall–Kier alpha value is -2.54. The lowest BCUT2D eigenvalue weighted by Gasteiger charge is -2.26. The van der Waals surface area contributed by atoms with Crippen molar-refractivity contribution in [2.45, 2.75) is 32.0 Å². The van der Waals surface area contributed by atoms with E-state index in [9.17, 15) is 4.79 Å². The normalized spacial score (nSPS) is 11.0. The van der Waals surface area contributed by atoms with E-state index in [0.717, 1.165) is 11.3 Å². The molecular weight excluding hydrogens is 338 g/mol. The Bertz CT molecular complexity index is 842. The first-order chi connectivity index (χ1) is 12.1. The predicted octanol–water partition coefficient (Wildman–Crippen LogP) is 4.17. The third-order valence-corrected chi connectivity index (χ3v) is 4.44. The van der Waals surface area contributed by atoms with Crippen LogP contribution >= 0.6 is 11.8 Å². The predicted molar refractivity (Wildman–Crippen MR) is 96.5 cm³/mol. The highest BCUT2D eigenvalue weighted by molar-refractivity contribution is 7.99. The summed E-state index contributed by atoms with van der Waals surface area (Å²) >= 11 is 1.23. The number of aryl methyl sites for hydroxylation is 1. The van der Waals surface area contributed by atoms with E-state index >= 15 is 0 Å². The number of furan rings is 1. The van der Waals surface area contributed by atoms with Crippen molar-refractivity contribution < 1.29 is 13.6 Å². The highest BCUT2D eigenvalue weighted by atomic mass is 32.2. The van der Waals surface area contributed by atoms with E-state index in [0.29, 0.717) is 16.9 Å². The third kappa shape index (κ3) is 3.93. The van der Waals surface area contributed by atoms with Gasteiger partial charge in [0.25, 0.3) is 11.1 Å². The smallest absolute Gasteiger partial charge is 0.277 e. The lowest BCUT2D eigenvalue weighted by atomic mass is 10.2. The maximum absolute atomic E-state index is 12.6. The lowest BCUT2D eigenvalue weighted by Crippen LogP contribution is -2.38. The van der Waals surface area contributed by atoms with Crippen LogP contribution in [0.3, 0.4) is 0 Å². The SMILES string of the molecule is Cc1occc1-c1nnc(SCC(=O)N(c2ccccc2)C(C)C)o1. The largest absolute Gasteiger partial charge is 0.469 e. The van der Waals surface area contributed by atoms with E-state index in [4.69, 9.17) is 8.83 Å². The first kappa shape index (κ1) is 17.3. The number of carbonyl (C=O) groups is 1. The standard InChI is InChI=1S/C18H19N3O3S/c1-12(2)21(14-7-5-4-6-8-14)16(22)11-25-18-20-19-17(24-18)15-9-10-23-13(15)3/h4-10,12H,11H2,1-3H3. The second-order valence-corrected chi connectivity index (χ2v) is 6.67. The Labute approximate surface area is 150 Å². The summed E-state index contributed by atoms with van der Waals surface area (Å²) in [5.41, 5.74) is 1.64. The van der Waals surface area contributed by atoms with E-state index in [1.807, 2.05) is 51.1 Å². The molecule has 0 N–H and O–H groups in total. The highest BCUT2D eigenvalue weighted by Gasteiger charge is 2.20. The van der Waals surface area contributed by atoms with Crippen molar-refractivity contribution in [2.24, 2.45) is 0 Å². The van der Waals surface area contributed by atoms with Gasteiger partial charge in [-0.2, -0.15) is 0 Å². The van der Waals surface area contributed by atoms with Crippen LogP contribution in [0, 0.1) is 6.92 Å². The van der Waals surface area contributed by atoms with Crippen molar-refractivity contribution in [1.82, 2.24) is 10.2 Å². The second kappa shape index (κ2) is 7.57. The van der Waals surface area contributed by atoms with Crippen molar-refractivity contribution in [3.8, 4) is 11.5 Å². The van der Waals surface area contributed by atoms with Gasteiger partial charge in [0.05, 0.1) is 17.6 Å². The fourth-order valence-corrected chi connectivity index (χ4v) is 3.12. The number of rotatable bonds is 6. The quantitative estimate of drug-likeness (QED) is 0.617. The fraction of sp³-hybridized carbons (Fsp3) is 0.278. The average Bonchev–Trinajstić information content (AvgIpc) is 3.22. The Balaban J connectivity index is 1.67. The zero-order chi connectivity index (χ0) is 17.8. The minimum atomic E-state index is -0.00885. The van der Waals surface area contributed by atoms with E-state index in [2.05, 4.69) is 10.2 Å². The second-order valence-electron chi connectivity index (χ2n) is 5.75. The van der Waals surface area contributed by atoms with Gasteiger partial charge < -0.3 is 13.7 Å². The number of thioether (sulfide) groups is 1. The Morgan fingerprint density at radius 2 is 1.96 bits per heavy atom. The molecule has 0 aliphatic carbocycles. The molecule has 0 saturated carbocycles. The van der Waals surface area contributed by atoms with E-state index in [-0.39, 0.29) is 17.7 Å². The number of para-hydroxylation sites is 1. The molecule has 2 heterocycles. The summed E-state index contributed by atoms with van der Waals surface area (Å²) < 4.78 is 10.9. The molecule has 0 saturated heterocycles. The van der Waals surface area contributed by atoms with Crippen LogP contribution in [0.5, 0.6) is 0 Å². The molecule has 130 valence electrons. The van der Waals surface area contributed by atoms with Gasteiger partial charge in [-0.3, -0.25) is 4.79 Å². The third-order valence-electron chi connectivity index (χ3n) is 3.63. The van der Waals surface area contributed by atoms with Crippen molar-refractivity contribution in [3.63, 3.8) is 0 Å². The number of nitrogens with zero attached hydrogens (tertiary/aromatic N) is 3. The molecule has 0 radical (unpaired) electrons. The minimum Gasteiger partial charge on any atom is -0.469 e. The van der Waals surface area contributed by atoms with Crippen LogP contribution in [0.2, 0.25) is 0 Å². The molecule has 0 aliphatic rings. The lowest BCUT2D eigenvalue weighted by molar-refractivity contribution is -0.116. The maximum atomic E-state index is 12.6. The van der Waals surface area contributed by atoms with E-state index in [1.165, 1.54) is 11.8 Å². The summed E-state index contributed by atoms with van der Waals surface area (Å²) in [6, 6.07) is 11.5. The molecule has 1 amide bonds. The van der Waals surface area contributed by atoms with Gasteiger partial charge >= 0.3 is 0 Å². The maximum Gasteiger partial charge on any atom is 0.277 e. The van der Waals surface area contributed by atoms with Crippen LogP contribution in [-0.2, 0) is 4.79 Å². The van der Waals surface area contributed by atoms with E-state index < -0.39 is 0 Å². The zero-order valence-corrected chi connectivity index (χ0v) is 15.1. The zero-order valence-electron chi connectivity index (χ0n) is 14.3. The van der Waals surface area contributed by atoms with Crippen LogP contribution in [0.25, 0.3) is 11.5 Å². The summed E-state index contributed by atoms with van der Waals surface area (Å²) in [6.07, 6.45) is 1.57. The van der Waals surface area contributed by atoms with Crippen molar-refractivity contribution >= 4 is 23.4 Å². The molecule has 0 unspecified atom stereocenters. The van der Waals surface area contributed by atoms with Gasteiger partial charge in [-0.25, -0.2) is 0 Å². The van der Waals surface area contributed by atoms with Crippen LogP contribution < -0.4 is 4.90 Å². The Morgan fingerprint density at radius 3 is 2.60 bits per heavy atom. The van der Waals surface area contributed by atoms with Crippen LogP contribution in [0.1, 0.15) is 19.6 Å². The summed E-state index contributed by atoms with van der Waals surface area (Å²) in [5.74, 6) is 1.32. The molecule has 0 bridgehead atoms. The number of hydrogen-bond acceptors (Lipinski definition) is 6. The van der Waals surface area contributed by atoms with Gasteiger partial charge in [0, 0.05) is 11.7 Å². The minimum absolute atomic E-state index is 0.00885. The van der Waals surface area contributed by atoms with Gasteiger partial charge in [0.2, 0.25) is 5.91 Å². The van der Waals surface area contributed by atoms with Crippen LogP contribution in [-0.4, -0.2) is 27.9 Å². The number of benzene rings is 1.